The van der Waals surface area contributed by atoms with Crippen LogP contribution in [0.3, 0.4) is 0 Å². The Morgan fingerprint density at radius 3 is 3.00 bits per heavy atom. The molecule has 0 amide bonds. The highest BCUT2D eigenvalue weighted by Crippen LogP contribution is 2.16. The predicted octanol–water partition coefficient (Wildman–Crippen LogP) is 0.622. The standard InChI is InChI=1S/C10H21N3O2/c1-3-9(10(11)12-14)13-6-4-5-8(7-13)15-2/h8-9,14H,3-7H2,1-2H3,(H2,11,12). The Labute approximate surface area is 90.9 Å². The van der Waals surface area contributed by atoms with Gasteiger partial charge in [0.1, 0.15) is 0 Å². The zero-order valence-electron chi connectivity index (χ0n) is 9.52. The van der Waals surface area contributed by atoms with Crippen molar-refractivity contribution in [1.29, 1.82) is 0 Å². The van der Waals surface area contributed by atoms with Crippen molar-refractivity contribution >= 4 is 5.84 Å². The van der Waals surface area contributed by atoms with E-state index in [0.717, 1.165) is 32.4 Å². The van der Waals surface area contributed by atoms with Crippen LogP contribution < -0.4 is 5.73 Å². The van der Waals surface area contributed by atoms with Gasteiger partial charge in [0.2, 0.25) is 0 Å². The number of amidine groups is 1. The van der Waals surface area contributed by atoms with Crippen LogP contribution in [0.4, 0.5) is 0 Å². The molecule has 1 rings (SSSR count). The third-order valence-electron chi connectivity index (χ3n) is 3.03. The molecule has 1 saturated heterocycles. The molecule has 0 aliphatic carbocycles. The van der Waals surface area contributed by atoms with Crippen LogP contribution >= 0.6 is 0 Å². The van der Waals surface area contributed by atoms with E-state index >= 15 is 0 Å². The zero-order valence-corrected chi connectivity index (χ0v) is 9.52. The Balaban J connectivity index is 2.60. The molecular weight excluding hydrogens is 194 g/mol. The highest BCUT2D eigenvalue weighted by atomic mass is 16.5. The normalized spacial score (nSPS) is 26.5. The molecule has 88 valence electrons. The summed E-state index contributed by atoms with van der Waals surface area (Å²) in [4.78, 5) is 2.23. The van der Waals surface area contributed by atoms with Crippen molar-refractivity contribution in [3.63, 3.8) is 0 Å². The van der Waals surface area contributed by atoms with Crippen LogP contribution in [0.1, 0.15) is 26.2 Å². The molecule has 0 aromatic heterocycles. The lowest BCUT2D eigenvalue weighted by molar-refractivity contribution is 0.0235. The molecule has 0 saturated carbocycles. The van der Waals surface area contributed by atoms with Crippen LogP contribution in [0.25, 0.3) is 0 Å². The first kappa shape index (κ1) is 12.3. The van der Waals surface area contributed by atoms with Crippen molar-refractivity contribution in [2.45, 2.75) is 38.3 Å². The van der Waals surface area contributed by atoms with E-state index in [-0.39, 0.29) is 12.1 Å². The van der Waals surface area contributed by atoms with E-state index in [9.17, 15) is 0 Å². The number of hydrogen-bond acceptors (Lipinski definition) is 4. The van der Waals surface area contributed by atoms with Gasteiger partial charge in [-0.3, -0.25) is 4.90 Å². The molecule has 2 atom stereocenters. The first-order chi connectivity index (χ1) is 7.22. The van der Waals surface area contributed by atoms with Gasteiger partial charge >= 0.3 is 0 Å². The second-order valence-electron chi connectivity index (χ2n) is 3.94. The minimum Gasteiger partial charge on any atom is -0.409 e. The molecule has 5 heteroatoms. The summed E-state index contributed by atoms with van der Waals surface area (Å²) in [7, 11) is 1.73. The molecule has 1 fully saturated rings. The van der Waals surface area contributed by atoms with Gasteiger partial charge in [0.15, 0.2) is 5.84 Å². The van der Waals surface area contributed by atoms with Gasteiger partial charge in [-0.2, -0.15) is 0 Å². The van der Waals surface area contributed by atoms with Crippen LogP contribution in [-0.2, 0) is 4.74 Å². The summed E-state index contributed by atoms with van der Waals surface area (Å²) in [6.45, 7) is 3.90. The van der Waals surface area contributed by atoms with Gasteiger partial charge in [-0.05, 0) is 25.8 Å². The maximum Gasteiger partial charge on any atom is 0.156 e. The average Bonchev–Trinajstić information content (AvgIpc) is 2.30. The first-order valence-electron chi connectivity index (χ1n) is 5.47. The molecule has 1 aliphatic rings. The Kier molecular flexibility index (Phi) is 4.84. The van der Waals surface area contributed by atoms with E-state index in [1.165, 1.54) is 0 Å². The lowest BCUT2D eigenvalue weighted by Gasteiger charge is -2.36. The summed E-state index contributed by atoms with van der Waals surface area (Å²) in [6, 6.07) is 0.0351. The number of methoxy groups -OCH3 is 1. The van der Waals surface area contributed by atoms with Crippen molar-refractivity contribution in [2.75, 3.05) is 20.2 Å². The zero-order chi connectivity index (χ0) is 11.3. The first-order valence-corrected chi connectivity index (χ1v) is 5.47. The van der Waals surface area contributed by atoms with Crippen molar-refractivity contribution in [3.05, 3.63) is 0 Å². The van der Waals surface area contributed by atoms with Crippen LogP contribution in [0, 0.1) is 0 Å². The molecule has 0 bridgehead atoms. The highest BCUT2D eigenvalue weighted by Gasteiger charge is 2.27. The monoisotopic (exact) mass is 215 g/mol. The van der Waals surface area contributed by atoms with Gasteiger partial charge < -0.3 is 15.7 Å². The Bertz CT molecular complexity index is 221. The largest absolute Gasteiger partial charge is 0.409 e. The SMILES string of the molecule is CCC(C(N)=NO)N1CCCC(OC)C1. The fourth-order valence-electron chi connectivity index (χ4n) is 2.16. The summed E-state index contributed by atoms with van der Waals surface area (Å²) < 4.78 is 5.34. The van der Waals surface area contributed by atoms with Gasteiger partial charge in [-0.15, -0.1) is 0 Å². The molecule has 0 aromatic carbocycles. The highest BCUT2D eigenvalue weighted by molar-refractivity contribution is 5.85. The molecule has 0 radical (unpaired) electrons. The predicted molar refractivity (Wildman–Crippen MR) is 59.1 cm³/mol. The molecule has 0 aromatic rings. The van der Waals surface area contributed by atoms with Crippen LogP contribution in [0.2, 0.25) is 0 Å². The quantitative estimate of drug-likeness (QED) is 0.312. The third-order valence-corrected chi connectivity index (χ3v) is 3.03. The fourth-order valence-corrected chi connectivity index (χ4v) is 2.16. The maximum absolute atomic E-state index is 8.70. The van der Waals surface area contributed by atoms with E-state index in [4.69, 9.17) is 15.7 Å². The summed E-state index contributed by atoms with van der Waals surface area (Å²) >= 11 is 0. The van der Waals surface area contributed by atoms with Crippen molar-refractivity contribution < 1.29 is 9.94 Å². The smallest absolute Gasteiger partial charge is 0.156 e. The van der Waals surface area contributed by atoms with Crippen molar-refractivity contribution in [1.82, 2.24) is 4.90 Å². The van der Waals surface area contributed by atoms with Gasteiger partial charge in [0.25, 0.3) is 0 Å². The van der Waals surface area contributed by atoms with E-state index in [2.05, 4.69) is 10.1 Å². The molecule has 5 nitrogen and oxygen atoms in total. The van der Waals surface area contributed by atoms with E-state index in [0.29, 0.717) is 5.84 Å². The number of nitrogens with two attached hydrogens (primary N) is 1. The Morgan fingerprint density at radius 2 is 2.47 bits per heavy atom. The molecule has 1 heterocycles. The van der Waals surface area contributed by atoms with Gasteiger partial charge in [-0.25, -0.2) is 0 Å². The molecule has 2 unspecified atom stereocenters. The van der Waals surface area contributed by atoms with Crippen LogP contribution in [-0.4, -0.2) is 48.3 Å². The molecule has 15 heavy (non-hydrogen) atoms. The van der Waals surface area contributed by atoms with Crippen molar-refractivity contribution in [2.24, 2.45) is 10.9 Å². The van der Waals surface area contributed by atoms with E-state index < -0.39 is 0 Å². The summed E-state index contributed by atoms with van der Waals surface area (Å²) in [5.41, 5.74) is 5.66. The molecule has 3 N–H and O–H groups in total. The van der Waals surface area contributed by atoms with Gasteiger partial charge in [0.05, 0.1) is 12.1 Å². The number of rotatable bonds is 4. The van der Waals surface area contributed by atoms with E-state index in [1.807, 2.05) is 6.92 Å². The fraction of sp³-hybridized carbons (Fsp3) is 0.900. The average molecular weight is 215 g/mol. The summed E-state index contributed by atoms with van der Waals surface area (Å²) in [6.07, 6.45) is 3.33. The second-order valence-corrected chi connectivity index (χ2v) is 3.94. The third kappa shape index (κ3) is 3.07. The minimum absolute atomic E-state index is 0.0351. The van der Waals surface area contributed by atoms with Crippen LogP contribution in [0.15, 0.2) is 5.16 Å². The number of piperidine rings is 1. The number of oxime groups is 1. The molecule has 1 aliphatic heterocycles. The number of nitrogens with zero attached hydrogens (tertiary/aromatic N) is 2. The van der Waals surface area contributed by atoms with Crippen molar-refractivity contribution in [3.8, 4) is 0 Å². The topological polar surface area (TPSA) is 71.1 Å². The second kappa shape index (κ2) is 5.92. The minimum atomic E-state index is 0.0351. The van der Waals surface area contributed by atoms with Crippen LogP contribution in [0.5, 0.6) is 0 Å². The lowest BCUT2D eigenvalue weighted by atomic mass is 10.0. The number of likely N-dealkylation sites (tertiary alicyclic amines) is 1. The van der Waals surface area contributed by atoms with Gasteiger partial charge in [-0.1, -0.05) is 12.1 Å². The lowest BCUT2D eigenvalue weighted by Crippen LogP contribution is -2.50. The summed E-state index contributed by atoms with van der Waals surface area (Å²) in [5, 5.41) is 11.8. The Hall–Kier alpha value is -0.810. The Morgan fingerprint density at radius 1 is 1.73 bits per heavy atom. The van der Waals surface area contributed by atoms with Gasteiger partial charge in [0, 0.05) is 13.7 Å². The molecule has 0 spiro atoms. The van der Waals surface area contributed by atoms with E-state index in [1.54, 1.807) is 7.11 Å². The molecular formula is C10H21N3O2. The summed E-state index contributed by atoms with van der Waals surface area (Å²) in [5.74, 6) is 0.300. The number of hydrogen-bond donors (Lipinski definition) is 2. The number of ether oxygens (including phenoxy) is 1. The maximum atomic E-state index is 8.70.